The van der Waals surface area contributed by atoms with Crippen LogP contribution in [0.3, 0.4) is 0 Å². The molecular formula is C60H115NO5. The SMILES string of the molecule is CCCCCCCC/C=C\CCCCCCCC(=O)OCCCCCC/C=C\CCCC(=O)NC(CO)C(O)CCCCCCCCCCCCCCCCCCCCCCCCCCC. The third-order valence-corrected chi connectivity index (χ3v) is 13.7. The molecule has 66 heavy (non-hydrogen) atoms. The van der Waals surface area contributed by atoms with Crippen molar-refractivity contribution in [2.75, 3.05) is 13.2 Å². The van der Waals surface area contributed by atoms with Crippen molar-refractivity contribution in [1.82, 2.24) is 5.32 Å². The van der Waals surface area contributed by atoms with E-state index in [-0.39, 0.29) is 18.5 Å². The molecule has 0 aliphatic heterocycles. The molecule has 390 valence electrons. The van der Waals surface area contributed by atoms with Crippen molar-refractivity contribution in [3.05, 3.63) is 24.3 Å². The number of aliphatic hydroxyl groups excluding tert-OH is 2. The van der Waals surface area contributed by atoms with Crippen molar-refractivity contribution in [3.63, 3.8) is 0 Å². The van der Waals surface area contributed by atoms with E-state index >= 15 is 0 Å². The number of nitrogens with one attached hydrogen (secondary N) is 1. The van der Waals surface area contributed by atoms with Gasteiger partial charge in [-0.1, -0.05) is 263 Å². The Balaban J connectivity index is 3.51. The van der Waals surface area contributed by atoms with Crippen molar-refractivity contribution < 1.29 is 24.5 Å². The van der Waals surface area contributed by atoms with Crippen molar-refractivity contribution in [2.45, 2.75) is 334 Å². The summed E-state index contributed by atoms with van der Waals surface area (Å²) in [7, 11) is 0. The molecule has 2 atom stereocenters. The minimum atomic E-state index is -0.697. The molecule has 0 radical (unpaired) electrons. The smallest absolute Gasteiger partial charge is 0.305 e. The highest BCUT2D eigenvalue weighted by Crippen LogP contribution is 2.17. The lowest BCUT2D eigenvalue weighted by Crippen LogP contribution is -2.45. The second kappa shape index (κ2) is 55.9. The molecule has 0 aromatic rings. The Bertz CT molecular complexity index is 1030. The molecule has 0 saturated heterocycles. The summed E-state index contributed by atoms with van der Waals surface area (Å²) in [4.78, 5) is 24.5. The van der Waals surface area contributed by atoms with E-state index in [0.717, 1.165) is 70.6 Å². The lowest BCUT2D eigenvalue weighted by Gasteiger charge is -2.22. The zero-order chi connectivity index (χ0) is 47.9. The maximum Gasteiger partial charge on any atom is 0.305 e. The van der Waals surface area contributed by atoms with Crippen LogP contribution in [0.25, 0.3) is 0 Å². The van der Waals surface area contributed by atoms with Crippen LogP contribution in [0, 0.1) is 0 Å². The molecule has 0 aromatic heterocycles. The van der Waals surface area contributed by atoms with Crippen LogP contribution >= 0.6 is 0 Å². The molecule has 0 fully saturated rings. The highest BCUT2D eigenvalue weighted by atomic mass is 16.5. The molecule has 1 amide bonds. The molecule has 0 bridgehead atoms. The Morgan fingerprint density at radius 2 is 0.727 bits per heavy atom. The first-order valence-corrected chi connectivity index (χ1v) is 29.6. The minimum absolute atomic E-state index is 0.0425. The highest BCUT2D eigenvalue weighted by molar-refractivity contribution is 5.76. The number of ether oxygens (including phenoxy) is 1. The normalized spacial score (nSPS) is 12.7. The van der Waals surface area contributed by atoms with Crippen molar-refractivity contribution in [3.8, 4) is 0 Å². The zero-order valence-corrected chi connectivity index (χ0v) is 44.4. The number of unbranched alkanes of at least 4 members (excludes halogenated alkanes) is 40. The fourth-order valence-electron chi connectivity index (χ4n) is 9.17. The molecule has 0 aliphatic carbocycles. The summed E-state index contributed by atoms with van der Waals surface area (Å²) in [5.41, 5.74) is 0. The average Bonchev–Trinajstić information content (AvgIpc) is 3.32. The van der Waals surface area contributed by atoms with Crippen molar-refractivity contribution in [2.24, 2.45) is 0 Å². The molecule has 2 unspecified atom stereocenters. The van der Waals surface area contributed by atoms with Gasteiger partial charge < -0.3 is 20.3 Å². The van der Waals surface area contributed by atoms with E-state index in [1.165, 1.54) is 218 Å². The summed E-state index contributed by atoms with van der Waals surface area (Å²) in [6.45, 7) is 4.87. The fraction of sp³-hybridized carbons (Fsp3) is 0.900. The first kappa shape index (κ1) is 64.3. The Morgan fingerprint density at radius 3 is 1.11 bits per heavy atom. The number of hydrogen-bond acceptors (Lipinski definition) is 5. The maximum absolute atomic E-state index is 12.5. The van der Waals surface area contributed by atoms with Crippen LogP contribution in [-0.2, 0) is 14.3 Å². The van der Waals surface area contributed by atoms with Gasteiger partial charge in [0.05, 0.1) is 25.4 Å². The minimum Gasteiger partial charge on any atom is -0.466 e. The number of carbonyl (C=O) groups excluding carboxylic acids is 2. The molecule has 0 aromatic carbocycles. The molecule has 0 saturated carbocycles. The van der Waals surface area contributed by atoms with Gasteiger partial charge in [-0.2, -0.15) is 0 Å². The third kappa shape index (κ3) is 51.7. The molecular weight excluding hydrogens is 815 g/mol. The Labute approximate surface area is 411 Å². The van der Waals surface area contributed by atoms with E-state index < -0.39 is 12.1 Å². The molecule has 6 nitrogen and oxygen atoms in total. The predicted octanol–water partition coefficient (Wildman–Crippen LogP) is 18.2. The first-order valence-electron chi connectivity index (χ1n) is 29.6. The van der Waals surface area contributed by atoms with Gasteiger partial charge in [0.2, 0.25) is 5.91 Å². The van der Waals surface area contributed by atoms with Gasteiger partial charge >= 0.3 is 5.97 Å². The lowest BCUT2D eigenvalue weighted by molar-refractivity contribution is -0.143. The molecule has 0 spiro atoms. The summed E-state index contributed by atoms with van der Waals surface area (Å²) >= 11 is 0. The summed E-state index contributed by atoms with van der Waals surface area (Å²) in [6.07, 6.45) is 67.6. The van der Waals surface area contributed by atoms with E-state index in [2.05, 4.69) is 43.5 Å². The molecule has 0 aliphatic rings. The first-order chi connectivity index (χ1) is 32.5. The fourth-order valence-corrected chi connectivity index (χ4v) is 9.17. The van der Waals surface area contributed by atoms with Crippen LogP contribution in [0.15, 0.2) is 24.3 Å². The Hall–Kier alpha value is -1.66. The largest absolute Gasteiger partial charge is 0.466 e. The second-order valence-corrected chi connectivity index (χ2v) is 20.3. The summed E-state index contributed by atoms with van der Waals surface area (Å²) in [5.74, 6) is -0.135. The zero-order valence-electron chi connectivity index (χ0n) is 44.4. The second-order valence-electron chi connectivity index (χ2n) is 20.3. The Morgan fingerprint density at radius 1 is 0.409 bits per heavy atom. The van der Waals surface area contributed by atoms with Crippen molar-refractivity contribution >= 4 is 11.9 Å². The van der Waals surface area contributed by atoms with Gasteiger partial charge in [-0.3, -0.25) is 9.59 Å². The molecule has 0 rings (SSSR count). The topological polar surface area (TPSA) is 95.9 Å². The Kier molecular flexibility index (Phi) is 54.5. The summed E-state index contributed by atoms with van der Waals surface area (Å²) < 4.78 is 5.44. The van der Waals surface area contributed by atoms with Gasteiger partial charge in [-0.25, -0.2) is 0 Å². The number of aliphatic hydroxyl groups is 2. The quantitative estimate of drug-likeness (QED) is 0.0321. The van der Waals surface area contributed by atoms with Crippen molar-refractivity contribution in [1.29, 1.82) is 0 Å². The lowest BCUT2D eigenvalue weighted by atomic mass is 10.0. The van der Waals surface area contributed by atoms with Crippen LogP contribution < -0.4 is 5.32 Å². The molecule has 3 N–H and O–H groups in total. The monoisotopic (exact) mass is 930 g/mol. The molecule has 6 heteroatoms. The maximum atomic E-state index is 12.5. The molecule has 0 heterocycles. The van der Waals surface area contributed by atoms with Crippen LogP contribution in [0.2, 0.25) is 0 Å². The van der Waals surface area contributed by atoms with Crippen LogP contribution in [0.4, 0.5) is 0 Å². The van der Waals surface area contributed by atoms with E-state index in [1.54, 1.807) is 0 Å². The van der Waals surface area contributed by atoms with Gasteiger partial charge in [0, 0.05) is 12.8 Å². The van der Waals surface area contributed by atoms with Crippen LogP contribution in [0.1, 0.15) is 322 Å². The van der Waals surface area contributed by atoms with E-state index in [9.17, 15) is 19.8 Å². The standard InChI is InChI=1S/C60H115NO5/c1-3-5-7-9-11-13-15-17-19-20-21-22-23-24-25-26-27-28-30-31-33-36-40-44-48-52-58(63)57(56-62)61-59(64)53-49-45-41-37-35-39-43-47-51-55-66-60(65)54-50-46-42-38-34-32-29-18-16-14-12-10-8-6-4-2/h18,29,37,41,57-58,62-63H,3-17,19-28,30-36,38-40,42-56H2,1-2H3,(H,61,64)/b29-18-,41-37-. The number of esters is 1. The highest BCUT2D eigenvalue weighted by Gasteiger charge is 2.20. The number of hydrogen-bond donors (Lipinski definition) is 3. The number of carbonyl (C=O) groups is 2. The van der Waals surface area contributed by atoms with Gasteiger partial charge in [0.15, 0.2) is 0 Å². The van der Waals surface area contributed by atoms with Crippen LogP contribution in [0.5, 0.6) is 0 Å². The average molecular weight is 931 g/mol. The van der Waals surface area contributed by atoms with Gasteiger partial charge in [0.25, 0.3) is 0 Å². The van der Waals surface area contributed by atoms with E-state index in [1.807, 2.05) is 0 Å². The number of rotatable bonds is 55. The predicted molar refractivity (Wildman–Crippen MR) is 287 cm³/mol. The van der Waals surface area contributed by atoms with Crippen LogP contribution in [-0.4, -0.2) is 47.4 Å². The summed E-state index contributed by atoms with van der Waals surface area (Å²) in [6, 6.07) is -0.581. The third-order valence-electron chi connectivity index (χ3n) is 13.7. The summed E-state index contributed by atoms with van der Waals surface area (Å²) in [5, 5.41) is 23.3. The van der Waals surface area contributed by atoms with Gasteiger partial charge in [0.1, 0.15) is 0 Å². The van der Waals surface area contributed by atoms with E-state index in [4.69, 9.17) is 4.74 Å². The number of amides is 1. The van der Waals surface area contributed by atoms with E-state index in [0.29, 0.717) is 25.9 Å². The van der Waals surface area contributed by atoms with Gasteiger partial charge in [-0.15, -0.1) is 0 Å². The van der Waals surface area contributed by atoms with Gasteiger partial charge in [-0.05, 0) is 70.6 Å². The number of allylic oxidation sites excluding steroid dienone is 4.